The van der Waals surface area contributed by atoms with E-state index in [4.69, 9.17) is 0 Å². The summed E-state index contributed by atoms with van der Waals surface area (Å²) in [7, 11) is 0. The normalized spacial score (nSPS) is 14.8. The van der Waals surface area contributed by atoms with Gasteiger partial charge >= 0.3 is 0 Å². The van der Waals surface area contributed by atoms with Crippen LogP contribution in [-0.4, -0.2) is 23.5 Å². The molecule has 3 heteroatoms. The molecule has 0 saturated carbocycles. The Morgan fingerprint density at radius 1 is 1.28 bits per heavy atom. The summed E-state index contributed by atoms with van der Waals surface area (Å²) < 4.78 is 0. The Kier molecular flexibility index (Phi) is 6.19. The van der Waals surface area contributed by atoms with E-state index in [1.165, 1.54) is 10.5 Å². The van der Waals surface area contributed by atoms with Gasteiger partial charge in [-0.05, 0) is 43.2 Å². The summed E-state index contributed by atoms with van der Waals surface area (Å²) in [5, 5.41) is 13.5. The number of hydrogen-bond acceptors (Lipinski definition) is 3. The maximum Gasteiger partial charge on any atom is 0.0746 e. The molecule has 0 saturated heterocycles. The highest BCUT2D eigenvalue weighted by atomic mass is 32.2. The van der Waals surface area contributed by atoms with Crippen molar-refractivity contribution in [2.45, 2.75) is 44.2 Å². The maximum atomic E-state index is 10.2. The molecular formula is C15H25NOS. The molecular weight excluding hydrogens is 242 g/mol. The molecule has 0 spiro atoms. The first-order chi connectivity index (χ1) is 8.43. The van der Waals surface area contributed by atoms with Crippen molar-refractivity contribution in [3.8, 4) is 0 Å². The molecule has 1 unspecified atom stereocenters. The number of aliphatic hydroxyl groups is 1. The lowest BCUT2D eigenvalue weighted by Crippen LogP contribution is -2.38. The van der Waals surface area contributed by atoms with Crippen LogP contribution >= 0.6 is 11.8 Å². The van der Waals surface area contributed by atoms with E-state index in [1.54, 1.807) is 11.8 Å². The van der Waals surface area contributed by atoms with Crippen LogP contribution in [0.2, 0.25) is 0 Å². The third kappa shape index (κ3) is 5.89. The van der Waals surface area contributed by atoms with Gasteiger partial charge in [0.1, 0.15) is 0 Å². The monoisotopic (exact) mass is 267 g/mol. The maximum absolute atomic E-state index is 10.2. The second-order valence-electron chi connectivity index (χ2n) is 5.55. The summed E-state index contributed by atoms with van der Waals surface area (Å²) in [6.07, 6.45) is 2.90. The van der Waals surface area contributed by atoms with Crippen molar-refractivity contribution in [3.63, 3.8) is 0 Å². The first-order valence-electron chi connectivity index (χ1n) is 6.49. The van der Waals surface area contributed by atoms with Crippen molar-refractivity contribution in [1.29, 1.82) is 0 Å². The Labute approximate surface area is 115 Å². The lowest BCUT2D eigenvalue weighted by Gasteiger charge is -2.25. The fraction of sp³-hybridized carbons (Fsp3) is 0.600. The molecule has 0 aliphatic rings. The van der Waals surface area contributed by atoms with Crippen molar-refractivity contribution in [2.75, 3.05) is 12.8 Å². The third-order valence-corrected chi connectivity index (χ3v) is 3.59. The van der Waals surface area contributed by atoms with E-state index >= 15 is 0 Å². The highest BCUT2D eigenvalue weighted by molar-refractivity contribution is 7.98. The summed E-state index contributed by atoms with van der Waals surface area (Å²) in [6, 6.07) is 8.54. The number of benzene rings is 1. The van der Waals surface area contributed by atoms with Crippen LogP contribution in [0.3, 0.4) is 0 Å². The summed E-state index contributed by atoms with van der Waals surface area (Å²) >= 11 is 1.75. The lowest BCUT2D eigenvalue weighted by molar-refractivity contribution is 0.0383. The third-order valence-electron chi connectivity index (χ3n) is 2.84. The highest BCUT2D eigenvalue weighted by Gasteiger charge is 2.20. The second-order valence-corrected chi connectivity index (χ2v) is 6.43. The van der Waals surface area contributed by atoms with E-state index in [0.29, 0.717) is 12.5 Å². The van der Waals surface area contributed by atoms with Gasteiger partial charge in [-0.3, -0.25) is 0 Å². The quantitative estimate of drug-likeness (QED) is 0.744. The minimum atomic E-state index is -0.618. The molecule has 1 aromatic rings. The molecule has 2 N–H and O–H groups in total. The van der Waals surface area contributed by atoms with Crippen LogP contribution in [0, 0.1) is 5.92 Å². The van der Waals surface area contributed by atoms with Crippen molar-refractivity contribution < 1.29 is 5.11 Å². The second kappa shape index (κ2) is 7.17. The first kappa shape index (κ1) is 15.5. The number of rotatable bonds is 7. The fourth-order valence-electron chi connectivity index (χ4n) is 2.17. The standard InChI is InChI=1S/C15H25NOS/c1-12(2)9-15(3,17)11-16-10-13-5-7-14(18-4)8-6-13/h5-8,12,16-17H,9-11H2,1-4H3. The molecule has 0 fully saturated rings. The average Bonchev–Trinajstić information content (AvgIpc) is 2.28. The van der Waals surface area contributed by atoms with Gasteiger partial charge < -0.3 is 10.4 Å². The Bertz CT molecular complexity index is 346. The van der Waals surface area contributed by atoms with Gasteiger partial charge in [0.25, 0.3) is 0 Å². The topological polar surface area (TPSA) is 32.3 Å². The zero-order valence-corrected chi connectivity index (χ0v) is 12.7. The van der Waals surface area contributed by atoms with Gasteiger partial charge in [-0.2, -0.15) is 0 Å². The van der Waals surface area contributed by atoms with Crippen LogP contribution < -0.4 is 5.32 Å². The summed E-state index contributed by atoms with van der Waals surface area (Å²) in [6.45, 7) is 7.61. The molecule has 0 aliphatic heterocycles. The number of nitrogens with one attached hydrogen (secondary N) is 1. The molecule has 1 aromatic carbocycles. The van der Waals surface area contributed by atoms with Gasteiger partial charge in [0.2, 0.25) is 0 Å². The van der Waals surface area contributed by atoms with Gasteiger partial charge in [0.15, 0.2) is 0 Å². The molecule has 102 valence electrons. The van der Waals surface area contributed by atoms with E-state index in [9.17, 15) is 5.11 Å². The van der Waals surface area contributed by atoms with Crippen LogP contribution in [0.5, 0.6) is 0 Å². The Balaban J connectivity index is 2.36. The molecule has 18 heavy (non-hydrogen) atoms. The zero-order chi connectivity index (χ0) is 13.6. The Morgan fingerprint density at radius 2 is 1.89 bits per heavy atom. The van der Waals surface area contributed by atoms with Crippen LogP contribution in [0.4, 0.5) is 0 Å². The SMILES string of the molecule is CSc1ccc(CNCC(C)(O)CC(C)C)cc1. The molecule has 0 amide bonds. The van der Waals surface area contributed by atoms with Gasteiger partial charge in [-0.15, -0.1) is 11.8 Å². The Hall–Kier alpha value is -0.510. The molecule has 0 radical (unpaired) electrons. The van der Waals surface area contributed by atoms with Crippen LogP contribution in [0.25, 0.3) is 0 Å². The van der Waals surface area contributed by atoms with Crippen LogP contribution in [0.1, 0.15) is 32.8 Å². The van der Waals surface area contributed by atoms with Crippen molar-refractivity contribution in [2.24, 2.45) is 5.92 Å². The van der Waals surface area contributed by atoms with Crippen LogP contribution in [0.15, 0.2) is 29.2 Å². The minimum absolute atomic E-state index is 0.516. The highest BCUT2D eigenvalue weighted by Crippen LogP contribution is 2.16. The molecule has 2 nitrogen and oxygen atoms in total. The molecule has 0 heterocycles. The van der Waals surface area contributed by atoms with Gasteiger partial charge in [0, 0.05) is 18.0 Å². The largest absolute Gasteiger partial charge is 0.389 e. The molecule has 0 aromatic heterocycles. The molecule has 1 rings (SSSR count). The van der Waals surface area contributed by atoms with E-state index in [0.717, 1.165) is 13.0 Å². The lowest BCUT2D eigenvalue weighted by atomic mass is 9.94. The van der Waals surface area contributed by atoms with Gasteiger partial charge in [-0.1, -0.05) is 26.0 Å². The van der Waals surface area contributed by atoms with E-state index in [-0.39, 0.29) is 0 Å². The number of hydrogen-bond donors (Lipinski definition) is 2. The van der Waals surface area contributed by atoms with Crippen molar-refractivity contribution in [1.82, 2.24) is 5.32 Å². The molecule has 0 bridgehead atoms. The average molecular weight is 267 g/mol. The summed E-state index contributed by atoms with van der Waals surface area (Å²) in [5.74, 6) is 0.516. The zero-order valence-electron chi connectivity index (χ0n) is 11.9. The first-order valence-corrected chi connectivity index (χ1v) is 7.71. The molecule has 1 atom stereocenters. The smallest absolute Gasteiger partial charge is 0.0746 e. The summed E-state index contributed by atoms with van der Waals surface area (Å²) in [5.41, 5.74) is 0.640. The molecule has 0 aliphatic carbocycles. The summed E-state index contributed by atoms with van der Waals surface area (Å²) in [4.78, 5) is 1.28. The van der Waals surface area contributed by atoms with Gasteiger partial charge in [0.05, 0.1) is 5.60 Å². The van der Waals surface area contributed by atoms with E-state index in [1.807, 2.05) is 6.92 Å². The Morgan fingerprint density at radius 3 is 2.39 bits per heavy atom. The van der Waals surface area contributed by atoms with Crippen LogP contribution in [-0.2, 0) is 6.54 Å². The number of thioether (sulfide) groups is 1. The fourth-order valence-corrected chi connectivity index (χ4v) is 2.58. The predicted octanol–water partition coefficient (Wildman–Crippen LogP) is 3.30. The van der Waals surface area contributed by atoms with Crippen molar-refractivity contribution >= 4 is 11.8 Å². The van der Waals surface area contributed by atoms with E-state index < -0.39 is 5.60 Å². The minimum Gasteiger partial charge on any atom is -0.389 e. The van der Waals surface area contributed by atoms with E-state index in [2.05, 4.69) is 49.7 Å². The predicted molar refractivity (Wildman–Crippen MR) is 80.0 cm³/mol. The van der Waals surface area contributed by atoms with Crippen molar-refractivity contribution in [3.05, 3.63) is 29.8 Å². The van der Waals surface area contributed by atoms with Gasteiger partial charge in [-0.25, -0.2) is 0 Å².